The number of anilines is 2. The standard InChI is InChI=1S/C23H16N4O/c28-27(21-6-2-1-3-7-21)23-25-16-14-22(26-23)20-12-10-18(11-13-20)8-9-19-5-4-15-24-17-19/h1-7,10-17,28H. The summed E-state index contributed by atoms with van der Waals surface area (Å²) in [5.41, 5.74) is 4.00. The molecule has 0 unspecified atom stereocenters. The van der Waals surface area contributed by atoms with Gasteiger partial charge in [-0.05, 0) is 42.5 Å². The van der Waals surface area contributed by atoms with Gasteiger partial charge in [0.15, 0.2) is 0 Å². The second kappa shape index (κ2) is 8.12. The Morgan fingerprint density at radius 1 is 0.750 bits per heavy atom. The van der Waals surface area contributed by atoms with Crippen molar-refractivity contribution in [3.63, 3.8) is 0 Å². The summed E-state index contributed by atoms with van der Waals surface area (Å²) in [6.07, 6.45) is 5.08. The van der Waals surface area contributed by atoms with Gasteiger partial charge in [0.05, 0.1) is 11.4 Å². The number of hydrogen-bond donors (Lipinski definition) is 1. The van der Waals surface area contributed by atoms with Crippen LogP contribution in [-0.4, -0.2) is 20.2 Å². The van der Waals surface area contributed by atoms with E-state index in [9.17, 15) is 5.21 Å². The molecule has 1 N–H and O–H groups in total. The largest absolute Gasteiger partial charge is 0.281 e. The summed E-state index contributed by atoms with van der Waals surface area (Å²) >= 11 is 0. The van der Waals surface area contributed by atoms with E-state index in [0.29, 0.717) is 11.4 Å². The van der Waals surface area contributed by atoms with Gasteiger partial charge in [-0.3, -0.25) is 10.2 Å². The SMILES string of the molecule is ON(c1ccccc1)c1nccc(-c2ccc(C#Cc3cccnc3)cc2)n1. The molecular weight excluding hydrogens is 348 g/mol. The normalized spacial score (nSPS) is 10.0. The van der Waals surface area contributed by atoms with Crippen molar-refractivity contribution < 1.29 is 5.21 Å². The second-order valence-electron chi connectivity index (χ2n) is 5.96. The van der Waals surface area contributed by atoms with Crippen LogP contribution in [0.5, 0.6) is 0 Å². The second-order valence-corrected chi connectivity index (χ2v) is 5.96. The van der Waals surface area contributed by atoms with Gasteiger partial charge in [-0.15, -0.1) is 0 Å². The molecule has 0 aliphatic rings. The van der Waals surface area contributed by atoms with Crippen LogP contribution in [0.25, 0.3) is 11.3 Å². The van der Waals surface area contributed by atoms with E-state index in [2.05, 4.69) is 26.8 Å². The maximum absolute atomic E-state index is 10.4. The third-order valence-electron chi connectivity index (χ3n) is 4.03. The van der Waals surface area contributed by atoms with Gasteiger partial charge >= 0.3 is 0 Å². The van der Waals surface area contributed by atoms with E-state index in [0.717, 1.165) is 21.8 Å². The number of benzene rings is 2. The van der Waals surface area contributed by atoms with Crippen molar-refractivity contribution in [3.05, 3.63) is 103 Å². The van der Waals surface area contributed by atoms with Crippen molar-refractivity contribution >= 4 is 11.6 Å². The van der Waals surface area contributed by atoms with Gasteiger partial charge in [-0.1, -0.05) is 42.2 Å². The average molecular weight is 364 g/mol. The van der Waals surface area contributed by atoms with Crippen LogP contribution in [0.3, 0.4) is 0 Å². The van der Waals surface area contributed by atoms with Crippen molar-refractivity contribution in [3.8, 4) is 23.1 Å². The number of pyridine rings is 1. The van der Waals surface area contributed by atoms with Crippen LogP contribution in [-0.2, 0) is 0 Å². The third-order valence-corrected chi connectivity index (χ3v) is 4.03. The van der Waals surface area contributed by atoms with Gasteiger partial charge in [0.2, 0.25) is 0 Å². The molecule has 0 fully saturated rings. The number of aromatic nitrogens is 3. The zero-order valence-corrected chi connectivity index (χ0v) is 14.9. The minimum atomic E-state index is 0.212. The van der Waals surface area contributed by atoms with Gasteiger partial charge in [-0.2, -0.15) is 5.06 Å². The molecule has 0 radical (unpaired) electrons. The van der Waals surface area contributed by atoms with Gasteiger partial charge in [0, 0.05) is 35.3 Å². The fourth-order valence-electron chi connectivity index (χ4n) is 2.60. The first-order valence-electron chi connectivity index (χ1n) is 8.69. The smallest absolute Gasteiger partial charge is 0.255 e. The molecular formula is C23H16N4O. The van der Waals surface area contributed by atoms with Crippen molar-refractivity contribution in [2.45, 2.75) is 0 Å². The van der Waals surface area contributed by atoms with Crippen molar-refractivity contribution in [2.75, 3.05) is 5.06 Å². The number of rotatable bonds is 3. The molecule has 4 rings (SSSR count). The highest BCUT2D eigenvalue weighted by Gasteiger charge is 2.10. The lowest BCUT2D eigenvalue weighted by molar-refractivity contribution is 0.294. The Kier molecular flexibility index (Phi) is 5.05. The first kappa shape index (κ1) is 17.4. The van der Waals surface area contributed by atoms with Crippen molar-refractivity contribution in [1.82, 2.24) is 15.0 Å². The molecule has 0 atom stereocenters. The molecule has 0 aliphatic carbocycles. The maximum atomic E-state index is 10.4. The van der Waals surface area contributed by atoms with Crippen LogP contribution in [0, 0.1) is 11.8 Å². The van der Waals surface area contributed by atoms with E-state index in [4.69, 9.17) is 0 Å². The van der Waals surface area contributed by atoms with E-state index >= 15 is 0 Å². The third kappa shape index (κ3) is 4.04. The molecule has 0 amide bonds. The quantitative estimate of drug-likeness (QED) is 0.429. The fourth-order valence-corrected chi connectivity index (χ4v) is 2.60. The first-order chi connectivity index (χ1) is 13.8. The molecule has 5 nitrogen and oxygen atoms in total. The summed E-state index contributed by atoms with van der Waals surface area (Å²) in [5.74, 6) is 6.42. The summed E-state index contributed by atoms with van der Waals surface area (Å²) in [5, 5.41) is 11.3. The molecule has 0 bridgehead atoms. The van der Waals surface area contributed by atoms with Gasteiger partial charge < -0.3 is 0 Å². The highest BCUT2D eigenvalue weighted by molar-refractivity contribution is 5.63. The summed E-state index contributed by atoms with van der Waals surface area (Å²) in [7, 11) is 0. The highest BCUT2D eigenvalue weighted by Crippen LogP contribution is 2.23. The van der Waals surface area contributed by atoms with Crippen molar-refractivity contribution in [2.24, 2.45) is 0 Å². The summed E-state index contributed by atoms with van der Waals surface area (Å²) in [4.78, 5) is 12.7. The highest BCUT2D eigenvalue weighted by atomic mass is 16.5. The maximum Gasteiger partial charge on any atom is 0.255 e. The molecule has 5 heteroatoms. The van der Waals surface area contributed by atoms with E-state index < -0.39 is 0 Å². The Morgan fingerprint density at radius 3 is 2.29 bits per heavy atom. The Morgan fingerprint density at radius 2 is 1.54 bits per heavy atom. The lowest BCUT2D eigenvalue weighted by Gasteiger charge is -2.15. The minimum absolute atomic E-state index is 0.212. The molecule has 2 aromatic heterocycles. The molecule has 134 valence electrons. The predicted octanol–water partition coefficient (Wildman–Crippen LogP) is 4.47. The Bertz CT molecular complexity index is 1120. The van der Waals surface area contributed by atoms with Crippen LogP contribution in [0.15, 0.2) is 91.4 Å². The Labute approximate surface area is 162 Å². The number of hydrogen-bond acceptors (Lipinski definition) is 5. The van der Waals surface area contributed by atoms with Gasteiger partial charge in [0.25, 0.3) is 5.95 Å². The zero-order chi connectivity index (χ0) is 19.2. The molecule has 28 heavy (non-hydrogen) atoms. The average Bonchev–Trinajstić information content (AvgIpc) is 2.79. The van der Waals surface area contributed by atoms with Crippen LogP contribution >= 0.6 is 0 Å². The van der Waals surface area contributed by atoms with Crippen molar-refractivity contribution in [1.29, 1.82) is 0 Å². The summed E-state index contributed by atoms with van der Waals surface area (Å²) in [6.45, 7) is 0. The molecule has 0 saturated carbocycles. The number of nitrogens with zero attached hydrogens (tertiary/aromatic N) is 4. The van der Waals surface area contributed by atoms with Gasteiger partial charge in [0.1, 0.15) is 0 Å². The van der Waals surface area contributed by atoms with E-state index in [1.165, 1.54) is 0 Å². The molecule has 2 heterocycles. The number of para-hydroxylation sites is 1. The predicted molar refractivity (Wildman–Crippen MR) is 108 cm³/mol. The molecule has 2 aromatic carbocycles. The van der Waals surface area contributed by atoms with Crippen LogP contribution < -0.4 is 5.06 Å². The molecule has 4 aromatic rings. The van der Waals surface area contributed by atoms with E-state index in [-0.39, 0.29) is 5.95 Å². The Hall–Kier alpha value is -4.01. The van der Waals surface area contributed by atoms with Crippen LogP contribution in [0.4, 0.5) is 11.6 Å². The van der Waals surface area contributed by atoms with Crippen LogP contribution in [0.2, 0.25) is 0 Å². The minimum Gasteiger partial charge on any atom is -0.281 e. The van der Waals surface area contributed by atoms with E-state index in [1.54, 1.807) is 36.8 Å². The molecule has 0 spiro atoms. The fraction of sp³-hybridized carbons (Fsp3) is 0. The topological polar surface area (TPSA) is 62.1 Å². The van der Waals surface area contributed by atoms with Gasteiger partial charge in [-0.25, -0.2) is 9.97 Å². The lowest BCUT2D eigenvalue weighted by atomic mass is 10.1. The van der Waals surface area contributed by atoms with Crippen LogP contribution in [0.1, 0.15) is 11.1 Å². The van der Waals surface area contributed by atoms with E-state index in [1.807, 2.05) is 54.6 Å². The molecule has 0 aliphatic heterocycles. The first-order valence-corrected chi connectivity index (χ1v) is 8.69. The molecule has 0 saturated heterocycles. The summed E-state index contributed by atoms with van der Waals surface area (Å²) < 4.78 is 0. The Balaban J connectivity index is 1.56. The zero-order valence-electron chi connectivity index (χ0n) is 14.9. The lowest BCUT2D eigenvalue weighted by Crippen LogP contribution is -2.13. The summed E-state index contributed by atoms with van der Waals surface area (Å²) in [6, 6.07) is 22.5. The monoisotopic (exact) mass is 364 g/mol.